The fourth-order valence-corrected chi connectivity index (χ4v) is 6.77. The molecule has 2 atom stereocenters. The van der Waals surface area contributed by atoms with Crippen LogP contribution in [0.25, 0.3) is 28.0 Å². The van der Waals surface area contributed by atoms with Gasteiger partial charge in [0.15, 0.2) is 14.0 Å². The fraction of sp³-hybridized carbons (Fsp3) is 0.417. The van der Waals surface area contributed by atoms with E-state index in [9.17, 15) is 9.18 Å². The first-order chi connectivity index (χ1) is 24.3. The lowest BCUT2D eigenvalue weighted by atomic mass is 10.0. The molecular formula is C36H46FN9O4Si. The van der Waals surface area contributed by atoms with E-state index in [0.717, 1.165) is 33.5 Å². The number of aryl methyl sites for hydroxylation is 1. The lowest BCUT2D eigenvalue weighted by Gasteiger charge is -2.35. The highest BCUT2D eigenvalue weighted by atomic mass is 28.4. The molecule has 0 saturated carbocycles. The van der Waals surface area contributed by atoms with Gasteiger partial charge in [0.1, 0.15) is 11.9 Å². The highest BCUT2D eigenvalue weighted by Gasteiger charge is 2.38. The molecule has 13 nitrogen and oxygen atoms in total. The van der Waals surface area contributed by atoms with E-state index in [4.69, 9.17) is 29.2 Å². The second kappa shape index (κ2) is 14.6. The van der Waals surface area contributed by atoms with Crippen molar-refractivity contribution in [2.45, 2.75) is 64.6 Å². The number of hydrogen-bond donors (Lipinski definition) is 2. The quantitative estimate of drug-likeness (QED) is 0.119. The summed E-state index contributed by atoms with van der Waals surface area (Å²) in [5.41, 5.74) is 5.06. The molecule has 1 aliphatic rings. The molecule has 51 heavy (non-hydrogen) atoms. The minimum absolute atomic E-state index is 0.0596. The molecule has 1 aromatic carbocycles. The Hall–Kier alpha value is -4.54. The number of nitrogens with one attached hydrogen (secondary N) is 2. The number of nitrogens with zero attached hydrogens (tertiary/aromatic N) is 7. The van der Waals surface area contributed by atoms with Gasteiger partial charge in [0.2, 0.25) is 5.95 Å². The van der Waals surface area contributed by atoms with Gasteiger partial charge < -0.3 is 14.5 Å². The normalized spacial score (nSPS) is 17.0. The Morgan fingerprint density at radius 2 is 1.88 bits per heavy atom. The van der Waals surface area contributed by atoms with Gasteiger partial charge in [-0.3, -0.25) is 14.8 Å². The van der Waals surface area contributed by atoms with Gasteiger partial charge in [-0.2, -0.15) is 19.7 Å². The summed E-state index contributed by atoms with van der Waals surface area (Å²) >= 11 is 0. The van der Waals surface area contributed by atoms with Gasteiger partial charge in [0.25, 0.3) is 0 Å². The number of urea groups is 1. The summed E-state index contributed by atoms with van der Waals surface area (Å²) in [5, 5.41) is 18.5. The van der Waals surface area contributed by atoms with Crippen molar-refractivity contribution in [3.8, 4) is 16.9 Å². The number of carbonyl (C=O) groups is 1. The predicted octanol–water partition coefficient (Wildman–Crippen LogP) is 6.31. The molecule has 0 unspecified atom stereocenters. The molecule has 0 radical (unpaired) electrons. The van der Waals surface area contributed by atoms with Crippen LogP contribution in [0.15, 0.2) is 60.9 Å². The van der Waals surface area contributed by atoms with Crippen LogP contribution in [-0.4, -0.2) is 81.8 Å². The molecule has 1 saturated heterocycles. The van der Waals surface area contributed by atoms with Crippen molar-refractivity contribution in [1.82, 2.24) is 39.9 Å². The number of rotatable bonds is 11. The largest absolute Gasteiger partial charge is 0.411 e. The van der Waals surface area contributed by atoms with Crippen molar-refractivity contribution in [1.29, 1.82) is 0 Å². The van der Waals surface area contributed by atoms with Crippen molar-refractivity contribution in [3.63, 3.8) is 0 Å². The molecule has 1 fully saturated rings. The van der Waals surface area contributed by atoms with Crippen LogP contribution in [0.1, 0.15) is 43.7 Å². The number of para-hydroxylation sites is 1. The summed E-state index contributed by atoms with van der Waals surface area (Å²) in [6.45, 7) is 14.7. The number of methoxy groups -OCH3 is 1. The number of amides is 2. The molecule has 270 valence electrons. The van der Waals surface area contributed by atoms with Crippen LogP contribution in [0.5, 0.6) is 0 Å². The summed E-state index contributed by atoms with van der Waals surface area (Å²) in [6.07, 6.45) is 2.53. The number of carbonyl (C=O) groups excluding carboxylic acids is 1. The molecule has 4 aromatic heterocycles. The van der Waals surface area contributed by atoms with Crippen LogP contribution >= 0.6 is 0 Å². The van der Waals surface area contributed by atoms with Gasteiger partial charge in [0, 0.05) is 56.2 Å². The molecule has 5 heterocycles. The van der Waals surface area contributed by atoms with Crippen molar-refractivity contribution >= 4 is 31.2 Å². The van der Waals surface area contributed by atoms with Crippen LogP contribution in [0.4, 0.5) is 15.0 Å². The van der Waals surface area contributed by atoms with Crippen LogP contribution in [-0.2, 0) is 27.7 Å². The standard InChI is InChI=1S/C36H46FN9O4Si/c1-23-31(25-18-27-29(42-44(5)34(27)39-20-25)22-49-51(7,8)36(2,3)4)43-46(26-12-10-9-11-13-26)33(23)41-35(47)40-28-21-45(16-17-48-6)50-32(28)24-14-15-38-30(37)19-24/h9-15,18-20,28,32H,16-17,21-22H2,1-8H3,(H2,40,41,47)/t28-,32+/m1/s1. The van der Waals surface area contributed by atoms with Gasteiger partial charge in [-0.15, -0.1) is 0 Å². The van der Waals surface area contributed by atoms with Crippen molar-refractivity contribution in [3.05, 3.63) is 83.7 Å². The van der Waals surface area contributed by atoms with Gasteiger partial charge in [-0.05, 0) is 61.0 Å². The van der Waals surface area contributed by atoms with E-state index in [2.05, 4.69) is 49.5 Å². The third-order valence-electron chi connectivity index (χ3n) is 9.73. The average molecular weight is 716 g/mol. The summed E-state index contributed by atoms with van der Waals surface area (Å²) in [4.78, 5) is 28.3. The first-order valence-electron chi connectivity index (χ1n) is 17.0. The first-order valence-corrected chi connectivity index (χ1v) is 19.9. The first kappa shape index (κ1) is 36.3. The molecule has 0 bridgehead atoms. The molecule has 1 aliphatic heterocycles. The van der Waals surface area contributed by atoms with E-state index in [1.54, 1.807) is 33.8 Å². The smallest absolute Gasteiger partial charge is 0.320 e. The number of aromatic nitrogens is 6. The Morgan fingerprint density at radius 3 is 2.59 bits per heavy atom. The maximum Gasteiger partial charge on any atom is 0.320 e. The number of hydrogen-bond acceptors (Lipinski definition) is 9. The Bertz CT molecular complexity index is 2010. The third kappa shape index (κ3) is 7.72. The Labute approximate surface area is 298 Å². The van der Waals surface area contributed by atoms with Gasteiger partial charge in [-0.1, -0.05) is 39.0 Å². The lowest BCUT2D eigenvalue weighted by Crippen LogP contribution is -2.42. The van der Waals surface area contributed by atoms with E-state index in [-0.39, 0.29) is 5.04 Å². The lowest BCUT2D eigenvalue weighted by molar-refractivity contribution is -0.154. The number of anilines is 1. The molecule has 5 aromatic rings. The number of benzene rings is 1. The van der Waals surface area contributed by atoms with Crippen LogP contribution < -0.4 is 10.6 Å². The Balaban J connectivity index is 1.31. The van der Waals surface area contributed by atoms with Crippen molar-refractivity contribution in [2.24, 2.45) is 7.05 Å². The zero-order valence-corrected chi connectivity index (χ0v) is 31.4. The van der Waals surface area contributed by atoms with E-state index in [1.807, 2.05) is 50.4 Å². The topological polar surface area (TPSA) is 133 Å². The maximum atomic E-state index is 14.1. The van der Waals surface area contributed by atoms with E-state index in [1.165, 1.54) is 12.3 Å². The van der Waals surface area contributed by atoms with Gasteiger partial charge in [0.05, 0.1) is 36.3 Å². The Morgan fingerprint density at radius 1 is 1.12 bits per heavy atom. The molecule has 0 aliphatic carbocycles. The van der Waals surface area contributed by atoms with Gasteiger partial charge in [-0.25, -0.2) is 19.4 Å². The van der Waals surface area contributed by atoms with Crippen LogP contribution in [0, 0.1) is 12.9 Å². The highest BCUT2D eigenvalue weighted by Crippen LogP contribution is 2.38. The third-order valence-corrected chi connectivity index (χ3v) is 14.2. The molecule has 2 N–H and O–H groups in total. The number of pyridine rings is 2. The monoisotopic (exact) mass is 715 g/mol. The molecular weight excluding hydrogens is 670 g/mol. The number of halogens is 1. The van der Waals surface area contributed by atoms with Gasteiger partial charge >= 0.3 is 6.03 Å². The molecule has 15 heteroatoms. The fourth-order valence-electron chi connectivity index (χ4n) is 5.83. The summed E-state index contributed by atoms with van der Waals surface area (Å²) in [7, 11) is 1.46. The zero-order chi connectivity index (χ0) is 36.5. The average Bonchev–Trinajstić information content (AvgIpc) is 3.75. The summed E-state index contributed by atoms with van der Waals surface area (Å²) in [5.74, 6) is -0.137. The molecule has 2 amide bonds. The number of hydroxylamine groups is 2. The van der Waals surface area contributed by atoms with Crippen molar-refractivity contribution in [2.75, 3.05) is 32.1 Å². The second-order valence-electron chi connectivity index (χ2n) is 14.3. The number of ether oxygens (including phenoxy) is 1. The SMILES string of the molecule is COCCN1C[C@@H](NC(=O)Nc2c(C)c(-c3cnc4c(c3)c(CO[Si](C)(C)C(C)(C)C)nn4C)nn2-c2ccccc2)[C@H](c2ccnc(F)c2)O1. The van der Waals surface area contributed by atoms with E-state index >= 15 is 0 Å². The molecule has 6 rings (SSSR count). The van der Waals surface area contributed by atoms with Crippen LogP contribution in [0.2, 0.25) is 18.1 Å². The number of fused-ring (bicyclic) bond motifs is 1. The van der Waals surface area contributed by atoms with Crippen molar-refractivity contribution < 1.29 is 23.2 Å². The summed E-state index contributed by atoms with van der Waals surface area (Å²) < 4.78 is 29.3. The highest BCUT2D eigenvalue weighted by molar-refractivity contribution is 6.74. The maximum absolute atomic E-state index is 14.1. The minimum atomic E-state index is -2.03. The zero-order valence-electron chi connectivity index (χ0n) is 30.4. The van der Waals surface area contributed by atoms with E-state index < -0.39 is 32.4 Å². The Kier molecular flexibility index (Phi) is 10.4. The second-order valence-corrected chi connectivity index (χ2v) is 19.1. The molecule has 0 spiro atoms. The summed E-state index contributed by atoms with van der Waals surface area (Å²) in [6, 6.07) is 13.7. The minimum Gasteiger partial charge on any atom is -0.411 e. The van der Waals surface area contributed by atoms with Crippen LogP contribution in [0.3, 0.4) is 0 Å². The predicted molar refractivity (Wildman–Crippen MR) is 195 cm³/mol. The van der Waals surface area contributed by atoms with E-state index in [0.29, 0.717) is 43.4 Å².